The Balaban J connectivity index is 2.26. The van der Waals surface area contributed by atoms with E-state index in [1.807, 2.05) is 0 Å². The van der Waals surface area contributed by atoms with Crippen molar-refractivity contribution in [3.63, 3.8) is 0 Å². The largest absolute Gasteiger partial charge is 0.301 e. The first-order valence-electron chi connectivity index (χ1n) is 4.53. The van der Waals surface area contributed by atoms with Crippen LogP contribution in [-0.2, 0) is 0 Å². The van der Waals surface area contributed by atoms with E-state index < -0.39 is 0 Å². The van der Waals surface area contributed by atoms with Gasteiger partial charge in [0.2, 0.25) is 0 Å². The van der Waals surface area contributed by atoms with Gasteiger partial charge in [0.05, 0.1) is 6.07 Å². The van der Waals surface area contributed by atoms with E-state index in [2.05, 4.69) is 29.8 Å². The predicted octanol–water partition coefficient (Wildman–Crippen LogP) is 0.536. The summed E-state index contributed by atoms with van der Waals surface area (Å²) in [5, 5.41) is 8.43. The zero-order valence-corrected chi connectivity index (χ0v) is 7.95. The molecule has 1 heterocycles. The van der Waals surface area contributed by atoms with Gasteiger partial charge in [-0.1, -0.05) is 0 Å². The molecule has 12 heavy (non-hydrogen) atoms. The van der Waals surface area contributed by atoms with Gasteiger partial charge in [0.1, 0.15) is 0 Å². The lowest BCUT2D eigenvalue weighted by Gasteiger charge is -2.37. The highest BCUT2D eigenvalue weighted by Crippen LogP contribution is 2.06. The average Bonchev–Trinajstić information content (AvgIpc) is 2.07. The second-order valence-electron chi connectivity index (χ2n) is 3.54. The molecular formula is C9H17N3. The summed E-state index contributed by atoms with van der Waals surface area (Å²) in [5.74, 6) is 0. The lowest BCUT2D eigenvalue weighted by molar-refractivity contribution is 0.107. The van der Waals surface area contributed by atoms with Crippen LogP contribution < -0.4 is 0 Å². The molecule has 0 spiro atoms. The van der Waals surface area contributed by atoms with Gasteiger partial charge in [-0.3, -0.25) is 4.90 Å². The van der Waals surface area contributed by atoms with E-state index in [4.69, 9.17) is 5.26 Å². The minimum absolute atomic E-state index is 0.637. The Hall–Kier alpha value is -0.590. The van der Waals surface area contributed by atoms with Crippen LogP contribution in [0.1, 0.15) is 13.3 Å². The lowest BCUT2D eigenvalue weighted by atomic mass is 10.2. The normalized spacial score (nSPS) is 26.9. The third kappa shape index (κ3) is 2.47. The zero-order valence-electron chi connectivity index (χ0n) is 7.95. The lowest BCUT2D eigenvalue weighted by Crippen LogP contribution is -2.50. The summed E-state index contributed by atoms with van der Waals surface area (Å²) in [4.78, 5) is 4.73. The monoisotopic (exact) mass is 167 g/mol. The van der Waals surface area contributed by atoms with Crippen molar-refractivity contribution in [2.75, 3.05) is 33.2 Å². The summed E-state index contributed by atoms with van der Waals surface area (Å²) >= 11 is 0. The minimum Gasteiger partial charge on any atom is -0.301 e. The molecule has 68 valence electrons. The highest BCUT2D eigenvalue weighted by molar-refractivity contribution is 4.79. The highest BCUT2D eigenvalue weighted by atomic mass is 15.3. The second-order valence-corrected chi connectivity index (χ2v) is 3.54. The summed E-state index contributed by atoms with van der Waals surface area (Å²) in [6.07, 6.45) is 0.663. The fourth-order valence-electron chi connectivity index (χ4n) is 1.54. The van der Waals surface area contributed by atoms with E-state index in [9.17, 15) is 0 Å². The Bertz CT molecular complexity index is 173. The summed E-state index contributed by atoms with van der Waals surface area (Å²) < 4.78 is 0. The van der Waals surface area contributed by atoms with E-state index in [1.165, 1.54) is 0 Å². The molecule has 0 aliphatic carbocycles. The first-order valence-corrected chi connectivity index (χ1v) is 4.53. The van der Waals surface area contributed by atoms with Crippen molar-refractivity contribution in [2.24, 2.45) is 0 Å². The maximum atomic E-state index is 8.43. The van der Waals surface area contributed by atoms with Crippen LogP contribution in [0.15, 0.2) is 0 Å². The highest BCUT2D eigenvalue weighted by Gasteiger charge is 2.19. The van der Waals surface area contributed by atoms with Crippen LogP contribution in [0.5, 0.6) is 0 Å². The fourth-order valence-corrected chi connectivity index (χ4v) is 1.54. The number of nitrogens with zero attached hydrogens (tertiary/aromatic N) is 3. The third-order valence-electron chi connectivity index (χ3n) is 2.58. The Morgan fingerprint density at radius 2 is 2.25 bits per heavy atom. The molecule has 1 rings (SSSR count). The Labute approximate surface area is 74.6 Å². The first kappa shape index (κ1) is 9.50. The molecule has 3 nitrogen and oxygen atoms in total. The summed E-state index contributed by atoms with van der Waals surface area (Å²) in [7, 11) is 2.16. The van der Waals surface area contributed by atoms with Crippen molar-refractivity contribution < 1.29 is 0 Å². The van der Waals surface area contributed by atoms with Gasteiger partial charge >= 0.3 is 0 Å². The average molecular weight is 167 g/mol. The van der Waals surface area contributed by atoms with Crippen LogP contribution in [0.4, 0.5) is 0 Å². The number of nitriles is 1. The molecule has 0 saturated carbocycles. The number of hydrogen-bond acceptors (Lipinski definition) is 3. The van der Waals surface area contributed by atoms with Gasteiger partial charge in [-0.25, -0.2) is 0 Å². The first-order chi connectivity index (χ1) is 5.74. The number of hydrogen-bond donors (Lipinski definition) is 0. The maximum absolute atomic E-state index is 8.43. The van der Waals surface area contributed by atoms with Crippen LogP contribution in [-0.4, -0.2) is 49.1 Å². The van der Waals surface area contributed by atoms with Gasteiger partial charge in [-0.15, -0.1) is 0 Å². The maximum Gasteiger partial charge on any atom is 0.0635 e. The van der Waals surface area contributed by atoms with Crippen molar-refractivity contribution in [3.8, 4) is 6.07 Å². The molecule has 0 bridgehead atoms. The molecule has 0 aromatic heterocycles. The zero-order chi connectivity index (χ0) is 8.97. The van der Waals surface area contributed by atoms with Crippen LogP contribution in [0.25, 0.3) is 0 Å². The molecule has 1 fully saturated rings. The Kier molecular flexibility index (Phi) is 3.51. The summed E-state index contributed by atoms with van der Waals surface area (Å²) in [6.45, 7) is 6.53. The molecule has 0 aromatic carbocycles. The molecule has 0 N–H and O–H groups in total. The SMILES string of the molecule is C[C@@H]1CN(CCC#N)CCN1C. The Morgan fingerprint density at radius 3 is 2.83 bits per heavy atom. The molecule has 1 aliphatic rings. The number of piperazine rings is 1. The van der Waals surface area contributed by atoms with Gasteiger partial charge in [0.25, 0.3) is 0 Å². The fraction of sp³-hybridized carbons (Fsp3) is 0.889. The summed E-state index contributed by atoms with van der Waals surface area (Å²) in [6, 6.07) is 2.82. The molecule has 0 radical (unpaired) electrons. The summed E-state index contributed by atoms with van der Waals surface area (Å²) in [5.41, 5.74) is 0. The van der Waals surface area contributed by atoms with E-state index in [1.54, 1.807) is 0 Å². The van der Waals surface area contributed by atoms with Gasteiger partial charge in [0, 0.05) is 38.6 Å². The number of rotatable bonds is 2. The molecule has 1 atom stereocenters. The van der Waals surface area contributed by atoms with Crippen LogP contribution in [0, 0.1) is 11.3 Å². The number of likely N-dealkylation sites (N-methyl/N-ethyl adjacent to an activating group) is 1. The van der Waals surface area contributed by atoms with Gasteiger partial charge in [0.15, 0.2) is 0 Å². The molecular weight excluding hydrogens is 150 g/mol. The van der Waals surface area contributed by atoms with Gasteiger partial charge in [-0.2, -0.15) is 5.26 Å². The third-order valence-corrected chi connectivity index (χ3v) is 2.58. The van der Waals surface area contributed by atoms with E-state index in [0.29, 0.717) is 12.5 Å². The van der Waals surface area contributed by atoms with Crippen LogP contribution in [0.3, 0.4) is 0 Å². The molecule has 1 saturated heterocycles. The minimum atomic E-state index is 0.637. The standard InChI is InChI=1S/C9H17N3/c1-9-8-12(5-3-4-10)7-6-11(9)2/h9H,3,5-8H2,1-2H3/t9-/m1/s1. The van der Waals surface area contributed by atoms with Crippen molar-refractivity contribution in [1.82, 2.24) is 9.80 Å². The smallest absolute Gasteiger partial charge is 0.0635 e. The van der Waals surface area contributed by atoms with E-state index in [0.717, 1.165) is 26.2 Å². The topological polar surface area (TPSA) is 30.3 Å². The van der Waals surface area contributed by atoms with Crippen LogP contribution in [0.2, 0.25) is 0 Å². The van der Waals surface area contributed by atoms with Crippen molar-refractivity contribution in [1.29, 1.82) is 5.26 Å². The molecule has 0 unspecified atom stereocenters. The van der Waals surface area contributed by atoms with Gasteiger partial charge < -0.3 is 4.90 Å². The van der Waals surface area contributed by atoms with Crippen LogP contribution >= 0.6 is 0 Å². The molecule has 0 aromatic rings. The quantitative estimate of drug-likeness (QED) is 0.601. The van der Waals surface area contributed by atoms with E-state index in [-0.39, 0.29) is 0 Å². The Morgan fingerprint density at radius 1 is 1.50 bits per heavy atom. The predicted molar refractivity (Wildman–Crippen MR) is 48.8 cm³/mol. The van der Waals surface area contributed by atoms with Crippen molar-refractivity contribution >= 4 is 0 Å². The van der Waals surface area contributed by atoms with Gasteiger partial charge in [-0.05, 0) is 14.0 Å². The van der Waals surface area contributed by atoms with Crippen molar-refractivity contribution in [3.05, 3.63) is 0 Å². The van der Waals surface area contributed by atoms with Crippen molar-refractivity contribution in [2.45, 2.75) is 19.4 Å². The molecule has 1 aliphatic heterocycles. The van der Waals surface area contributed by atoms with E-state index >= 15 is 0 Å². The second kappa shape index (κ2) is 4.44. The molecule has 3 heteroatoms. The molecule has 0 amide bonds.